The normalized spacial score (nSPS) is 11.1. The molecule has 6 nitrogen and oxygen atoms in total. The van der Waals surface area contributed by atoms with Crippen molar-refractivity contribution in [3.63, 3.8) is 0 Å². The van der Waals surface area contributed by atoms with Crippen LogP contribution in [0.4, 0.5) is 0 Å². The summed E-state index contributed by atoms with van der Waals surface area (Å²) in [6.45, 7) is 3.34. The Kier molecular flexibility index (Phi) is 7.79. The highest BCUT2D eigenvalue weighted by Crippen LogP contribution is 2.38. The van der Waals surface area contributed by atoms with Crippen LogP contribution in [0.15, 0.2) is 39.8 Å². The zero-order chi connectivity index (χ0) is 19.8. The lowest BCUT2D eigenvalue weighted by atomic mass is 10.1. The monoisotopic (exact) mass is 435 g/mol. The summed E-state index contributed by atoms with van der Waals surface area (Å²) in [7, 11) is 6.55. The molecule has 27 heavy (non-hydrogen) atoms. The first-order chi connectivity index (χ1) is 13.0. The summed E-state index contributed by atoms with van der Waals surface area (Å²) in [5, 5.41) is 6.64. The Morgan fingerprint density at radius 1 is 0.963 bits per heavy atom. The van der Waals surface area contributed by atoms with Crippen LogP contribution < -0.4 is 24.8 Å². The molecule has 0 radical (unpaired) electrons. The highest BCUT2D eigenvalue weighted by Gasteiger charge is 2.13. The minimum Gasteiger partial charge on any atom is -0.493 e. The molecular weight excluding hydrogens is 410 g/mol. The van der Waals surface area contributed by atoms with Gasteiger partial charge in [0.15, 0.2) is 17.5 Å². The minimum atomic E-state index is 0.565. The van der Waals surface area contributed by atoms with Crippen molar-refractivity contribution in [3.8, 4) is 17.2 Å². The molecule has 0 saturated carbocycles. The second-order valence-electron chi connectivity index (χ2n) is 5.88. The molecular formula is C20H26BrN3O3. The first kappa shape index (κ1) is 20.9. The van der Waals surface area contributed by atoms with Gasteiger partial charge in [-0.15, -0.1) is 0 Å². The summed E-state index contributed by atoms with van der Waals surface area (Å²) < 4.78 is 17.2. The molecule has 0 bridgehead atoms. The number of aryl methyl sites for hydroxylation is 1. The number of hydrogen-bond donors (Lipinski definition) is 2. The van der Waals surface area contributed by atoms with E-state index in [2.05, 4.69) is 50.6 Å². The standard InChI is InChI=1S/C20H26BrN3O3/c1-13-8-16(21)7-6-15(13)12-24-20(22-2)23-11-14-9-17(25-3)19(27-5)18(10-14)26-4/h6-10H,11-12H2,1-5H3,(H2,22,23,24). The van der Waals surface area contributed by atoms with Crippen LogP contribution in [0.25, 0.3) is 0 Å². The molecule has 0 aliphatic rings. The third kappa shape index (κ3) is 5.53. The number of benzene rings is 2. The lowest BCUT2D eigenvalue weighted by Crippen LogP contribution is -2.36. The molecule has 0 saturated heterocycles. The van der Waals surface area contributed by atoms with Crippen molar-refractivity contribution in [1.82, 2.24) is 10.6 Å². The van der Waals surface area contributed by atoms with Crippen LogP contribution in [-0.2, 0) is 13.1 Å². The molecule has 2 aromatic rings. The molecule has 7 heteroatoms. The van der Waals surface area contributed by atoms with Gasteiger partial charge in [0.2, 0.25) is 5.75 Å². The maximum Gasteiger partial charge on any atom is 0.203 e. The fourth-order valence-corrected chi connectivity index (χ4v) is 3.16. The lowest BCUT2D eigenvalue weighted by Gasteiger charge is -2.16. The third-order valence-electron chi connectivity index (χ3n) is 4.16. The van der Waals surface area contributed by atoms with Crippen molar-refractivity contribution in [2.24, 2.45) is 4.99 Å². The topological polar surface area (TPSA) is 64.1 Å². The average molecular weight is 436 g/mol. The van der Waals surface area contributed by atoms with Crippen molar-refractivity contribution < 1.29 is 14.2 Å². The number of rotatable bonds is 7. The summed E-state index contributed by atoms with van der Waals surface area (Å²) >= 11 is 3.49. The van der Waals surface area contributed by atoms with E-state index in [1.807, 2.05) is 18.2 Å². The predicted octanol–water partition coefficient (Wildman–Crippen LogP) is 3.65. The van der Waals surface area contributed by atoms with Gasteiger partial charge >= 0.3 is 0 Å². The second kappa shape index (κ2) is 10.1. The Bertz CT molecular complexity index is 784. The van der Waals surface area contributed by atoms with Crippen LogP contribution in [0, 0.1) is 6.92 Å². The Labute approximate surface area is 169 Å². The Hall–Kier alpha value is -2.41. The summed E-state index contributed by atoms with van der Waals surface area (Å²) in [6, 6.07) is 10.1. The van der Waals surface area contributed by atoms with Gasteiger partial charge in [-0.2, -0.15) is 0 Å². The smallest absolute Gasteiger partial charge is 0.203 e. The van der Waals surface area contributed by atoms with Crippen molar-refractivity contribution in [3.05, 3.63) is 51.5 Å². The van der Waals surface area contributed by atoms with Crippen molar-refractivity contribution in [2.75, 3.05) is 28.4 Å². The first-order valence-corrected chi connectivity index (χ1v) is 9.30. The number of halogens is 1. The summed E-state index contributed by atoms with van der Waals surface area (Å²) in [5.74, 6) is 2.55. The summed E-state index contributed by atoms with van der Waals surface area (Å²) in [6.07, 6.45) is 0. The van der Waals surface area contributed by atoms with E-state index < -0.39 is 0 Å². The summed E-state index contributed by atoms with van der Waals surface area (Å²) in [5.41, 5.74) is 3.43. The minimum absolute atomic E-state index is 0.565. The molecule has 0 unspecified atom stereocenters. The van der Waals surface area contributed by atoms with Crippen molar-refractivity contribution >= 4 is 21.9 Å². The quantitative estimate of drug-likeness (QED) is 0.513. The van der Waals surface area contributed by atoms with Gasteiger partial charge in [-0.3, -0.25) is 4.99 Å². The number of nitrogens with zero attached hydrogens (tertiary/aromatic N) is 1. The fraction of sp³-hybridized carbons (Fsp3) is 0.350. The lowest BCUT2D eigenvalue weighted by molar-refractivity contribution is 0.323. The SMILES string of the molecule is CN=C(NCc1cc(OC)c(OC)c(OC)c1)NCc1ccc(Br)cc1C. The molecule has 0 aliphatic carbocycles. The molecule has 146 valence electrons. The average Bonchev–Trinajstić information content (AvgIpc) is 2.68. The molecule has 0 aliphatic heterocycles. The van der Waals surface area contributed by atoms with Gasteiger partial charge in [0.05, 0.1) is 21.3 Å². The molecule has 0 spiro atoms. The molecule has 2 N–H and O–H groups in total. The van der Waals surface area contributed by atoms with Gasteiger partial charge in [0.25, 0.3) is 0 Å². The van der Waals surface area contributed by atoms with E-state index in [9.17, 15) is 0 Å². The van der Waals surface area contributed by atoms with Crippen LogP contribution >= 0.6 is 15.9 Å². The van der Waals surface area contributed by atoms with Crippen LogP contribution in [-0.4, -0.2) is 34.3 Å². The Morgan fingerprint density at radius 3 is 2.11 bits per heavy atom. The fourth-order valence-electron chi connectivity index (χ4n) is 2.68. The molecule has 2 rings (SSSR count). The zero-order valence-corrected chi connectivity index (χ0v) is 17.9. The molecule has 0 heterocycles. The number of guanidine groups is 1. The molecule has 0 atom stereocenters. The van der Waals surface area contributed by atoms with E-state index >= 15 is 0 Å². The van der Waals surface area contributed by atoms with E-state index in [0.29, 0.717) is 36.3 Å². The van der Waals surface area contributed by atoms with Gasteiger partial charge < -0.3 is 24.8 Å². The van der Waals surface area contributed by atoms with Gasteiger partial charge in [-0.1, -0.05) is 22.0 Å². The molecule has 0 amide bonds. The Balaban J connectivity index is 2.03. The number of nitrogens with one attached hydrogen (secondary N) is 2. The highest BCUT2D eigenvalue weighted by molar-refractivity contribution is 9.10. The summed E-state index contributed by atoms with van der Waals surface area (Å²) in [4.78, 5) is 4.28. The van der Waals surface area contributed by atoms with Crippen LogP contribution in [0.2, 0.25) is 0 Å². The Morgan fingerprint density at radius 2 is 1.59 bits per heavy atom. The molecule has 0 fully saturated rings. The van der Waals surface area contributed by atoms with Crippen molar-refractivity contribution in [1.29, 1.82) is 0 Å². The highest BCUT2D eigenvalue weighted by atomic mass is 79.9. The van der Waals surface area contributed by atoms with Crippen molar-refractivity contribution in [2.45, 2.75) is 20.0 Å². The first-order valence-electron chi connectivity index (χ1n) is 8.50. The van der Waals surface area contributed by atoms with E-state index in [0.717, 1.165) is 10.0 Å². The number of ether oxygens (including phenoxy) is 3. The molecule has 0 aromatic heterocycles. The predicted molar refractivity (Wildman–Crippen MR) is 112 cm³/mol. The third-order valence-corrected chi connectivity index (χ3v) is 4.65. The van der Waals surface area contributed by atoms with E-state index in [1.54, 1.807) is 28.4 Å². The van der Waals surface area contributed by atoms with Gasteiger partial charge in [-0.05, 0) is 47.9 Å². The number of methoxy groups -OCH3 is 3. The van der Waals surface area contributed by atoms with E-state index in [-0.39, 0.29) is 0 Å². The van der Waals surface area contributed by atoms with E-state index in [1.165, 1.54) is 11.1 Å². The van der Waals surface area contributed by atoms with Crippen LogP contribution in [0.3, 0.4) is 0 Å². The van der Waals surface area contributed by atoms with E-state index in [4.69, 9.17) is 14.2 Å². The zero-order valence-electron chi connectivity index (χ0n) is 16.4. The van der Waals surface area contributed by atoms with Gasteiger partial charge in [0, 0.05) is 24.6 Å². The maximum atomic E-state index is 5.40. The molecule has 2 aromatic carbocycles. The number of hydrogen-bond acceptors (Lipinski definition) is 4. The largest absolute Gasteiger partial charge is 0.493 e. The second-order valence-corrected chi connectivity index (χ2v) is 6.80. The number of aliphatic imine (C=N–C) groups is 1. The van der Waals surface area contributed by atoms with Crippen LogP contribution in [0.5, 0.6) is 17.2 Å². The van der Waals surface area contributed by atoms with Gasteiger partial charge in [-0.25, -0.2) is 0 Å². The maximum absolute atomic E-state index is 5.40. The van der Waals surface area contributed by atoms with Gasteiger partial charge in [0.1, 0.15) is 0 Å². The van der Waals surface area contributed by atoms with Crippen LogP contribution in [0.1, 0.15) is 16.7 Å².